The van der Waals surface area contributed by atoms with Crippen molar-refractivity contribution in [2.45, 2.75) is 39.2 Å². The lowest BCUT2D eigenvalue weighted by Crippen LogP contribution is -2.31. The first-order chi connectivity index (χ1) is 9.81. The number of aryl methyl sites for hydroxylation is 2. The molecule has 2 aromatic rings. The maximum atomic E-state index is 11.6. The molecule has 0 atom stereocenters. The minimum absolute atomic E-state index is 0.115. The van der Waals surface area contributed by atoms with Gasteiger partial charge in [-0.25, -0.2) is 4.79 Å². The van der Waals surface area contributed by atoms with E-state index in [0.717, 1.165) is 0 Å². The third-order valence-corrected chi connectivity index (χ3v) is 2.84. The molecule has 0 radical (unpaired) electrons. The summed E-state index contributed by atoms with van der Waals surface area (Å²) in [6, 6.07) is 1.73. The Morgan fingerprint density at radius 3 is 2.71 bits per heavy atom. The van der Waals surface area contributed by atoms with E-state index in [-0.39, 0.29) is 17.5 Å². The molecule has 0 saturated carbocycles. The van der Waals surface area contributed by atoms with Gasteiger partial charge in [-0.2, -0.15) is 10.2 Å². The monoisotopic (exact) mass is 289 g/mol. The van der Waals surface area contributed by atoms with Gasteiger partial charge in [0.25, 0.3) is 5.56 Å². The Kier molecular flexibility index (Phi) is 3.76. The fourth-order valence-electron chi connectivity index (χ4n) is 1.63. The molecule has 2 rings (SSSR count). The lowest BCUT2D eigenvalue weighted by molar-refractivity contribution is 0.357. The van der Waals surface area contributed by atoms with Crippen LogP contribution in [0.25, 0.3) is 0 Å². The van der Waals surface area contributed by atoms with Gasteiger partial charge < -0.3 is 4.52 Å². The molecular formula is C13H15N5O3. The van der Waals surface area contributed by atoms with Crippen molar-refractivity contribution in [2.24, 2.45) is 0 Å². The normalized spacial score (nSPS) is 11.3. The fourth-order valence-corrected chi connectivity index (χ4v) is 1.63. The molecule has 110 valence electrons. The zero-order valence-corrected chi connectivity index (χ0v) is 12.0. The molecule has 0 saturated heterocycles. The Bertz CT molecular complexity index is 801. The van der Waals surface area contributed by atoms with Crippen LogP contribution in [0.15, 0.2) is 20.3 Å². The second kappa shape index (κ2) is 5.36. The van der Waals surface area contributed by atoms with Crippen molar-refractivity contribution >= 4 is 0 Å². The van der Waals surface area contributed by atoms with Gasteiger partial charge in [0, 0.05) is 24.6 Å². The molecule has 0 unspecified atom stereocenters. The fraction of sp³-hybridized carbons (Fsp3) is 0.462. The number of nitrogens with zero attached hydrogens (tertiary/aromatic N) is 4. The van der Waals surface area contributed by atoms with E-state index in [0.29, 0.717) is 18.1 Å². The van der Waals surface area contributed by atoms with Crippen molar-refractivity contribution in [3.63, 3.8) is 0 Å². The number of hydrogen-bond acceptors (Lipinski definition) is 6. The van der Waals surface area contributed by atoms with E-state index < -0.39 is 11.2 Å². The molecule has 21 heavy (non-hydrogen) atoms. The summed E-state index contributed by atoms with van der Waals surface area (Å²) in [5.41, 5.74) is -1.60. The van der Waals surface area contributed by atoms with Crippen LogP contribution in [-0.2, 0) is 18.4 Å². The van der Waals surface area contributed by atoms with Gasteiger partial charge in [0.05, 0.1) is 0 Å². The van der Waals surface area contributed by atoms with E-state index in [1.165, 1.54) is 10.8 Å². The summed E-state index contributed by atoms with van der Waals surface area (Å²) in [4.78, 5) is 29.2. The number of hydrogen-bond donors (Lipinski definition) is 1. The first-order valence-corrected chi connectivity index (χ1v) is 6.38. The van der Waals surface area contributed by atoms with Crippen molar-refractivity contribution in [2.75, 3.05) is 0 Å². The van der Waals surface area contributed by atoms with Gasteiger partial charge in [-0.05, 0) is 0 Å². The van der Waals surface area contributed by atoms with E-state index in [9.17, 15) is 9.59 Å². The number of nitriles is 1. The average molecular weight is 289 g/mol. The molecule has 0 spiro atoms. The molecule has 0 aliphatic heterocycles. The van der Waals surface area contributed by atoms with Crippen molar-refractivity contribution < 1.29 is 4.52 Å². The molecule has 8 nitrogen and oxygen atoms in total. The standard InChI is InChI=1S/C13H15N5O3/c1-13(2,3)11-15-9(21-17-11)4-5-18-7-8(6-14)10(19)16-12(18)20/h7H,4-5H2,1-3H3,(H,16,19,20). The van der Waals surface area contributed by atoms with Crippen LogP contribution < -0.4 is 11.2 Å². The highest BCUT2D eigenvalue weighted by atomic mass is 16.5. The topological polar surface area (TPSA) is 118 Å². The largest absolute Gasteiger partial charge is 0.339 e. The highest BCUT2D eigenvalue weighted by Gasteiger charge is 2.20. The van der Waals surface area contributed by atoms with Crippen molar-refractivity contribution in [1.82, 2.24) is 19.7 Å². The highest BCUT2D eigenvalue weighted by molar-refractivity contribution is 5.21. The summed E-state index contributed by atoms with van der Waals surface area (Å²) in [5, 5.41) is 12.7. The molecule has 1 N–H and O–H groups in total. The SMILES string of the molecule is CC(C)(C)c1noc(CCn2cc(C#N)c(=O)[nH]c2=O)n1. The van der Waals surface area contributed by atoms with Crippen molar-refractivity contribution in [3.05, 3.63) is 44.3 Å². The van der Waals surface area contributed by atoms with E-state index in [1.807, 2.05) is 20.8 Å². The molecule has 0 bridgehead atoms. The summed E-state index contributed by atoms with van der Waals surface area (Å²) in [6.07, 6.45) is 1.56. The van der Waals surface area contributed by atoms with E-state index >= 15 is 0 Å². The lowest BCUT2D eigenvalue weighted by Gasteiger charge is -2.10. The zero-order valence-electron chi connectivity index (χ0n) is 12.0. The average Bonchev–Trinajstić information content (AvgIpc) is 2.86. The molecule has 0 aliphatic rings. The number of nitrogens with one attached hydrogen (secondary N) is 1. The smallest absolute Gasteiger partial charge is 0.328 e. The zero-order chi connectivity index (χ0) is 15.6. The van der Waals surface area contributed by atoms with Gasteiger partial charge in [-0.3, -0.25) is 14.3 Å². The summed E-state index contributed by atoms with van der Waals surface area (Å²) >= 11 is 0. The lowest BCUT2D eigenvalue weighted by atomic mass is 9.96. The summed E-state index contributed by atoms with van der Waals surface area (Å²) < 4.78 is 6.36. The first kappa shape index (κ1) is 14.7. The predicted octanol–water partition coefficient (Wildman–Crippen LogP) is 0.331. The quantitative estimate of drug-likeness (QED) is 0.870. The van der Waals surface area contributed by atoms with E-state index in [2.05, 4.69) is 15.1 Å². The number of H-pyrrole nitrogens is 1. The Morgan fingerprint density at radius 2 is 2.14 bits per heavy atom. The van der Waals surface area contributed by atoms with Crippen LogP contribution in [0.3, 0.4) is 0 Å². The van der Waals surface area contributed by atoms with E-state index in [1.54, 1.807) is 6.07 Å². The van der Waals surface area contributed by atoms with Gasteiger partial charge in [-0.1, -0.05) is 25.9 Å². The minimum Gasteiger partial charge on any atom is -0.339 e. The Morgan fingerprint density at radius 1 is 1.43 bits per heavy atom. The Balaban J connectivity index is 2.18. The molecule has 0 aliphatic carbocycles. The van der Waals surface area contributed by atoms with E-state index in [4.69, 9.17) is 9.78 Å². The first-order valence-electron chi connectivity index (χ1n) is 6.38. The van der Waals surface area contributed by atoms with Crippen molar-refractivity contribution in [3.8, 4) is 6.07 Å². The second-order valence-electron chi connectivity index (χ2n) is 5.62. The van der Waals surface area contributed by atoms with Crippen LogP contribution >= 0.6 is 0 Å². The van der Waals surface area contributed by atoms with Crippen LogP contribution in [0.4, 0.5) is 0 Å². The Hall–Kier alpha value is -2.69. The molecule has 8 heteroatoms. The maximum absolute atomic E-state index is 11.6. The third-order valence-electron chi connectivity index (χ3n) is 2.84. The number of aromatic amines is 1. The summed E-state index contributed by atoms with van der Waals surface area (Å²) in [7, 11) is 0. The van der Waals surface area contributed by atoms with Crippen LogP contribution in [-0.4, -0.2) is 19.7 Å². The molecular weight excluding hydrogens is 274 g/mol. The number of rotatable bonds is 3. The van der Waals surface area contributed by atoms with Crippen LogP contribution in [0, 0.1) is 11.3 Å². The molecule has 0 fully saturated rings. The Labute approximate surface area is 120 Å². The molecule has 0 amide bonds. The van der Waals surface area contributed by atoms with Crippen LogP contribution in [0.5, 0.6) is 0 Å². The highest BCUT2D eigenvalue weighted by Crippen LogP contribution is 2.18. The maximum Gasteiger partial charge on any atom is 0.328 e. The van der Waals surface area contributed by atoms with Crippen LogP contribution in [0.1, 0.15) is 38.0 Å². The minimum atomic E-state index is -0.688. The van der Waals surface area contributed by atoms with Gasteiger partial charge in [0.15, 0.2) is 5.82 Å². The molecule has 2 aromatic heterocycles. The summed E-state index contributed by atoms with van der Waals surface area (Å²) in [5.74, 6) is 0.987. The van der Waals surface area contributed by atoms with Gasteiger partial charge in [-0.15, -0.1) is 0 Å². The summed E-state index contributed by atoms with van der Waals surface area (Å²) in [6.45, 7) is 6.13. The van der Waals surface area contributed by atoms with Gasteiger partial charge >= 0.3 is 5.69 Å². The molecule has 0 aromatic carbocycles. The number of aromatic nitrogens is 4. The molecule has 2 heterocycles. The second-order valence-corrected chi connectivity index (χ2v) is 5.62. The van der Waals surface area contributed by atoms with Crippen molar-refractivity contribution in [1.29, 1.82) is 5.26 Å². The predicted molar refractivity (Wildman–Crippen MR) is 72.7 cm³/mol. The van der Waals surface area contributed by atoms with Gasteiger partial charge in [0.2, 0.25) is 5.89 Å². The van der Waals surface area contributed by atoms with Crippen LogP contribution in [0.2, 0.25) is 0 Å². The third kappa shape index (κ3) is 3.25. The van der Waals surface area contributed by atoms with Gasteiger partial charge in [0.1, 0.15) is 11.6 Å².